The highest BCUT2D eigenvalue weighted by Gasteiger charge is 2.23. The highest BCUT2D eigenvalue weighted by molar-refractivity contribution is 8.01. The minimum absolute atomic E-state index is 0.0321. The number of thioether (sulfide) groups is 1. The largest absolute Gasteiger partial charge is 0.353 e. The molecule has 114 valence electrons. The summed E-state index contributed by atoms with van der Waals surface area (Å²) < 4.78 is 0.832. The van der Waals surface area contributed by atoms with E-state index in [1.54, 1.807) is 0 Å². The predicted molar refractivity (Wildman–Crippen MR) is 88.5 cm³/mol. The maximum Gasteiger partial charge on any atom is 0.226 e. The molecule has 0 spiro atoms. The predicted octanol–water partition coefficient (Wildman–Crippen LogP) is 2.94. The third kappa shape index (κ3) is 4.42. The van der Waals surface area contributed by atoms with Gasteiger partial charge in [-0.3, -0.25) is 9.59 Å². The first-order valence-electron chi connectivity index (χ1n) is 7.15. The van der Waals surface area contributed by atoms with E-state index in [1.807, 2.05) is 35.7 Å². The number of ketones is 1. The van der Waals surface area contributed by atoms with Gasteiger partial charge < -0.3 is 5.32 Å². The molecule has 1 saturated carbocycles. The number of nitrogens with one attached hydrogen (secondary N) is 1. The van der Waals surface area contributed by atoms with E-state index in [-0.39, 0.29) is 11.7 Å². The number of rotatable bonds is 7. The van der Waals surface area contributed by atoms with Crippen LogP contribution >= 0.6 is 23.1 Å². The molecule has 2 aromatic rings. The molecular weight excluding hydrogens is 316 g/mol. The number of carbonyl (C=O) groups excluding carboxylic acids is 2. The maximum atomic E-state index is 12.0. The molecule has 0 saturated heterocycles. The molecule has 1 aromatic carbocycles. The molecule has 0 radical (unpaired) electrons. The quantitative estimate of drug-likeness (QED) is 0.625. The van der Waals surface area contributed by atoms with Crippen LogP contribution in [0.1, 0.15) is 28.9 Å². The fourth-order valence-corrected chi connectivity index (χ4v) is 3.68. The molecule has 1 aliphatic carbocycles. The van der Waals surface area contributed by atoms with Gasteiger partial charge in [-0.15, -0.1) is 11.3 Å². The first-order valence-corrected chi connectivity index (χ1v) is 9.02. The third-order valence-corrected chi connectivity index (χ3v) is 5.31. The van der Waals surface area contributed by atoms with Crippen molar-refractivity contribution >= 4 is 34.8 Å². The zero-order valence-corrected chi connectivity index (χ0v) is 13.6. The molecule has 1 heterocycles. The molecule has 0 aliphatic heterocycles. The number of Topliss-reactive ketones (excluding diaryl/α,β-unsaturated/α-hetero) is 1. The summed E-state index contributed by atoms with van der Waals surface area (Å²) in [4.78, 5) is 28.2. The van der Waals surface area contributed by atoms with E-state index in [0.717, 1.165) is 28.4 Å². The molecule has 0 unspecified atom stereocenters. The number of hydrogen-bond donors (Lipinski definition) is 1. The smallest absolute Gasteiger partial charge is 0.226 e. The van der Waals surface area contributed by atoms with Gasteiger partial charge in [0.1, 0.15) is 0 Å². The van der Waals surface area contributed by atoms with Crippen LogP contribution in [0.3, 0.4) is 0 Å². The lowest BCUT2D eigenvalue weighted by molar-refractivity contribution is -0.120. The molecule has 1 aromatic heterocycles. The molecule has 22 heavy (non-hydrogen) atoms. The second kappa shape index (κ2) is 7.07. The Morgan fingerprint density at radius 2 is 2.05 bits per heavy atom. The van der Waals surface area contributed by atoms with Gasteiger partial charge >= 0.3 is 0 Å². The van der Waals surface area contributed by atoms with Crippen molar-refractivity contribution in [2.24, 2.45) is 0 Å². The van der Waals surface area contributed by atoms with E-state index in [0.29, 0.717) is 18.2 Å². The van der Waals surface area contributed by atoms with Crippen LogP contribution in [0.4, 0.5) is 0 Å². The summed E-state index contributed by atoms with van der Waals surface area (Å²) in [5, 5.41) is 4.84. The Balaban J connectivity index is 1.49. The first-order chi connectivity index (χ1) is 10.7. The zero-order chi connectivity index (χ0) is 15.4. The van der Waals surface area contributed by atoms with Crippen LogP contribution in [0.5, 0.6) is 0 Å². The van der Waals surface area contributed by atoms with Crippen molar-refractivity contribution < 1.29 is 9.59 Å². The lowest BCUT2D eigenvalue weighted by Gasteiger charge is -2.00. The van der Waals surface area contributed by atoms with Crippen LogP contribution < -0.4 is 5.32 Å². The second-order valence-electron chi connectivity index (χ2n) is 5.20. The van der Waals surface area contributed by atoms with E-state index in [1.165, 1.54) is 23.1 Å². The monoisotopic (exact) mass is 332 g/mol. The first kappa shape index (κ1) is 15.2. The SMILES string of the molecule is O=C(Cc1csc(SCC(=O)c2ccccc2)n1)NC1CC1. The molecule has 0 atom stereocenters. The van der Waals surface area contributed by atoms with Crippen LogP contribution in [-0.2, 0) is 11.2 Å². The van der Waals surface area contributed by atoms with Crippen molar-refractivity contribution in [3.8, 4) is 0 Å². The Hall–Kier alpha value is -1.66. The van der Waals surface area contributed by atoms with Crippen molar-refractivity contribution in [3.63, 3.8) is 0 Å². The van der Waals surface area contributed by atoms with Crippen LogP contribution in [0, 0.1) is 0 Å². The van der Waals surface area contributed by atoms with Crippen molar-refractivity contribution in [2.75, 3.05) is 5.75 Å². The number of thiazole rings is 1. The Morgan fingerprint density at radius 3 is 2.77 bits per heavy atom. The van der Waals surface area contributed by atoms with Gasteiger partial charge in [0.2, 0.25) is 5.91 Å². The van der Waals surface area contributed by atoms with Gasteiger partial charge in [0, 0.05) is 17.0 Å². The van der Waals surface area contributed by atoms with Gasteiger partial charge in [-0.25, -0.2) is 4.98 Å². The minimum Gasteiger partial charge on any atom is -0.353 e. The van der Waals surface area contributed by atoms with Gasteiger partial charge in [-0.05, 0) is 12.8 Å². The van der Waals surface area contributed by atoms with Crippen LogP contribution in [0.25, 0.3) is 0 Å². The van der Waals surface area contributed by atoms with Crippen LogP contribution in [0.15, 0.2) is 40.1 Å². The Bertz CT molecular complexity index is 666. The summed E-state index contributed by atoms with van der Waals surface area (Å²) in [7, 11) is 0. The van der Waals surface area contributed by atoms with Crippen molar-refractivity contribution in [3.05, 3.63) is 47.0 Å². The molecular formula is C16H16N2O2S2. The summed E-state index contributed by atoms with van der Waals surface area (Å²) in [6.45, 7) is 0. The molecule has 3 rings (SSSR count). The average Bonchev–Trinajstić information content (AvgIpc) is 3.23. The van der Waals surface area contributed by atoms with Crippen molar-refractivity contribution in [1.29, 1.82) is 0 Å². The van der Waals surface area contributed by atoms with Gasteiger partial charge in [-0.2, -0.15) is 0 Å². The maximum absolute atomic E-state index is 12.0. The van der Waals surface area contributed by atoms with Gasteiger partial charge in [0.25, 0.3) is 0 Å². The molecule has 0 bridgehead atoms. The highest BCUT2D eigenvalue weighted by atomic mass is 32.2. The average molecular weight is 332 g/mol. The lowest BCUT2D eigenvalue weighted by Crippen LogP contribution is -2.27. The summed E-state index contributed by atoms with van der Waals surface area (Å²) in [5.41, 5.74) is 1.49. The van der Waals surface area contributed by atoms with Gasteiger partial charge in [0.15, 0.2) is 10.1 Å². The third-order valence-electron chi connectivity index (χ3n) is 3.24. The topological polar surface area (TPSA) is 59.1 Å². The van der Waals surface area contributed by atoms with Crippen molar-refractivity contribution in [1.82, 2.24) is 10.3 Å². The lowest BCUT2D eigenvalue weighted by atomic mass is 10.2. The number of carbonyl (C=O) groups is 2. The number of aromatic nitrogens is 1. The van der Waals surface area contributed by atoms with Crippen molar-refractivity contribution in [2.45, 2.75) is 29.6 Å². The molecule has 1 N–H and O–H groups in total. The number of amides is 1. The molecule has 1 amide bonds. The summed E-state index contributed by atoms with van der Waals surface area (Å²) in [6, 6.07) is 9.62. The van der Waals surface area contributed by atoms with E-state index >= 15 is 0 Å². The minimum atomic E-state index is 0.0321. The summed E-state index contributed by atoms with van der Waals surface area (Å²) >= 11 is 2.91. The number of nitrogens with zero attached hydrogens (tertiary/aromatic N) is 1. The Morgan fingerprint density at radius 1 is 1.27 bits per heavy atom. The van der Waals surface area contributed by atoms with Gasteiger partial charge in [-0.1, -0.05) is 42.1 Å². The van der Waals surface area contributed by atoms with E-state index in [4.69, 9.17) is 0 Å². The standard InChI is InChI=1S/C16H16N2O2S2/c19-14(11-4-2-1-3-5-11)10-22-16-18-13(9-21-16)8-15(20)17-12-6-7-12/h1-5,9,12H,6-8,10H2,(H,17,20). The zero-order valence-electron chi connectivity index (χ0n) is 12.0. The fourth-order valence-electron chi connectivity index (χ4n) is 1.94. The summed E-state index contributed by atoms with van der Waals surface area (Å²) in [6.07, 6.45) is 2.50. The Kier molecular flexibility index (Phi) is 4.90. The van der Waals surface area contributed by atoms with Crippen LogP contribution in [0.2, 0.25) is 0 Å². The molecule has 1 fully saturated rings. The van der Waals surface area contributed by atoms with E-state index in [9.17, 15) is 9.59 Å². The number of hydrogen-bond acceptors (Lipinski definition) is 5. The molecule has 4 nitrogen and oxygen atoms in total. The molecule has 6 heteroatoms. The van der Waals surface area contributed by atoms with Crippen LogP contribution in [-0.4, -0.2) is 28.5 Å². The second-order valence-corrected chi connectivity index (χ2v) is 7.28. The van der Waals surface area contributed by atoms with E-state index in [2.05, 4.69) is 10.3 Å². The highest BCUT2D eigenvalue weighted by Crippen LogP contribution is 2.24. The molecule has 1 aliphatic rings. The summed E-state index contributed by atoms with van der Waals surface area (Å²) in [5.74, 6) is 0.490. The van der Waals surface area contributed by atoms with Gasteiger partial charge in [0.05, 0.1) is 17.9 Å². The fraction of sp³-hybridized carbons (Fsp3) is 0.312. The number of benzene rings is 1. The Labute approximate surface area is 137 Å². The normalized spacial score (nSPS) is 13.8. The van der Waals surface area contributed by atoms with E-state index < -0.39 is 0 Å².